The van der Waals surface area contributed by atoms with Gasteiger partial charge in [-0.1, -0.05) is 12.1 Å². The van der Waals surface area contributed by atoms with Crippen molar-refractivity contribution in [2.24, 2.45) is 0 Å². The van der Waals surface area contributed by atoms with Crippen molar-refractivity contribution in [1.82, 2.24) is 0 Å². The third-order valence-corrected chi connectivity index (χ3v) is 5.05. The zero-order chi connectivity index (χ0) is 24.4. The number of halogens is 2. The normalized spacial score (nSPS) is 13.4. The highest BCUT2D eigenvalue weighted by atomic mass is 19.1. The van der Waals surface area contributed by atoms with E-state index in [1.54, 1.807) is 31.2 Å². The third-order valence-electron chi connectivity index (χ3n) is 5.05. The van der Waals surface area contributed by atoms with E-state index in [0.717, 1.165) is 12.1 Å². The average Bonchev–Trinajstić information content (AvgIpc) is 3.05. The zero-order valence-corrected chi connectivity index (χ0v) is 17.7. The van der Waals surface area contributed by atoms with Crippen LogP contribution in [0.25, 0.3) is 5.57 Å². The number of hydrogen-bond acceptors (Lipinski definition) is 6. The molecule has 3 aromatic carbocycles. The Bertz CT molecular complexity index is 1340. The number of carbonyl (C=O) groups is 2. The molecule has 1 aliphatic heterocycles. The Morgan fingerprint density at radius 1 is 1.00 bits per heavy atom. The van der Waals surface area contributed by atoms with E-state index in [1.165, 1.54) is 24.3 Å². The van der Waals surface area contributed by atoms with Crippen LogP contribution in [-0.2, 0) is 9.59 Å². The van der Waals surface area contributed by atoms with Crippen LogP contribution in [0.5, 0.6) is 5.75 Å². The Hall–Kier alpha value is -4.60. The number of imide groups is 1. The molecule has 3 aromatic rings. The van der Waals surface area contributed by atoms with E-state index >= 15 is 0 Å². The summed E-state index contributed by atoms with van der Waals surface area (Å²) in [5, 5.41) is 13.9. The maximum absolute atomic E-state index is 14.5. The predicted molar refractivity (Wildman–Crippen MR) is 120 cm³/mol. The molecule has 8 nitrogen and oxygen atoms in total. The first-order valence-corrected chi connectivity index (χ1v) is 10.1. The van der Waals surface area contributed by atoms with Gasteiger partial charge in [0.15, 0.2) is 0 Å². The third kappa shape index (κ3) is 4.08. The SMILES string of the molecule is CCOc1ccccc1NC1=C(c2ccc([N+](=O)[O-])cc2)C(=O)N(c2ccc(F)cc2F)C1=O. The van der Waals surface area contributed by atoms with E-state index in [-0.39, 0.29) is 22.5 Å². The van der Waals surface area contributed by atoms with Crippen LogP contribution in [0.15, 0.2) is 72.4 Å². The van der Waals surface area contributed by atoms with E-state index in [2.05, 4.69) is 5.32 Å². The molecule has 0 aromatic heterocycles. The molecule has 2 amide bonds. The number of amides is 2. The highest BCUT2D eigenvalue weighted by Crippen LogP contribution is 2.37. The summed E-state index contributed by atoms with van der Waals surface area (Å²) in [6, 6.07) is 14.2. The molecule has 34 heavy (non-hydrogen) atoms. The van der Waals surface area contributed by atoms with Gasteiger partial charge in [-0.25, -0.2) is 13.7 Å². The quantitative estimate of drug-likeness (QED) is 0.309. The van der Waals surface area contributed by atoms with Crippen molar-refractivity contribution in [2.45, 2.75) is 6.92 Å². The smallest absolute Gasteiger partial charge is 0.282 e. The van der Waals surface area contributed by atoms with Crippen molar-refractivity contribution >= 4 is 34.4 Å². The van der Waals surface area contributed by atoms with Gasteiger partial charge in [-0.15, -0.1) is 0 Å². The fourth-order valence-electron chi connectivity index (χ4n) is 3.53. The minimum atomic E-state index is -1.10. The number of para-hydroxylation sites is 2. The first-order chi connectivity index (χ1) is 16.3. The summed E-state index contributed by atoms with van der Waals surface area (Å²) in [6.07, 6.45) is 0. The van der Waals surface area contributed by atoms with E-state index in [9.17, 15) is 28.5 Å². The van der Waals surface area contributed by atoms with Gasteiger partial charge >= 0.3 is 0 Å². The van der Waals surface area contributed by atoms with Crippen LogP contribution >= 0.6 is 0 Å². The number of nitrogens with one attached hydrogen (secondary N) is 1. The molecule has 10 heteroatoms. The van der Waals surface area contributed by atoms with Gasteiger partial charge in [0.25, 0.3) is 17.5 Å². The van der Waals surface area contributed by atoms with Gasteiger partial charge in [0, 0.05) is 18.2 Å². The van der Waals surface area contributed by atoms with Crippen LogP contribution in [0.4, 0.5) is 25.8 Å². The molecule has 0 atom stereocenters. The number of benzene rings is 3. The minimum Gasteiger partial charge on any atom is -0.492 e. The number of nitro benzene ring substituents is 1. The molecular formula is C24H17F2N3O5. The molecule has 0 saturated heterocycles. The summed E-state index contributed by atoms with van der Waals surface area (Å²) in [6.45, 7) is 2.12. The maximum Gasteiger partial charge on any atom is 0.282 e. The van der Waals surface area contributed by atoms with Crippen LogP contribution in [0.3, 0.4) is 0 Å². The van der Waals surface area contributed by atoms with Crippen LogP contribution in [0.2, 0.25) is 0 Å². The Balaban J connectivity index is 1.85. The number of nitro groups is 1. The highest BCUT2D eigenvalue weighted by Gasteiger charge is 2.41. The molecule has 172 valence electrons. The number of carbonyl (C=O) groups excluding carboxylic acids is 2. The zero-order valence-electron chi connectivity index (χ0n) is 17.7. The summed E-state index contributed by atoms with van der Waals surface area (Å²) in [7, 11) is 0. The van der Waals surface area contributed by atoms with Gasteiger partial charge in [0.1, 0.15) is 23.1 Å². The molecule has 1 heterocycles. The van der Waals surface area contributed by atoms with Crippen LogP contribution in [0.1, 0.15) is 12.5 Å². The van der Waals surface area contributed by atoms with Gasteiger partial charge in [0.05, 0.1) is 28.5 Å². The molecule has 0 unspecified atom stereocenters. The number of nitrogens with zero attached hydrogens (tertiary/aromatic N) is 2. The second kappa shape index (κ2) is 9.10. The topological polar surface area (TPSA) is 102 Å². The Morgan fingerprint density at radius 2 is 1.71 bits per heavy atom. The van der Waals surface area contributed by atoms with E-state index in [4.69, 9.17) is 4.74 Å². The van der Waals surface area contributed by atoms with Crippen molar-refractivity contribution in [2.75, 3.05) is 16.8 Å². The molecular weight excluding hydrogens is 448 g/mol. The summed E-state index contributed by atoms with van der Waals surface area (Å²) in [5.41, 5.74) is -0.374. The first kappa shape index (κ1) is 22.6. The van der Waals surface area contributed by atoms with Crippen molar-refractivity contribution < 1.29 is 28.0 Å². The molecule has 0 aliphatic carbocycles. The standard InChI is InChI=1S/C24H17F2N3O5/c1-2-34-20-6-4-3-5-18(20)27-22-21(14-7-10-16(11-8-14)29(32)33)23(30)28(24(22)31)19-12-9-15(25)13-17(19)26/h3-13,27H,2H2,1H3. The van der Waals surface area contributed by atoms with Crippen molar-refractivity contribution in [3.8, 4) is 5.75 Å². The lowest BCUT2D eigenvalue weighted by Gasteiger charge is -2.16. The summed E-state index contributed by atoms with van der Waals surface area (Å²) in [5.74, 6) is -3.31. The Labute approximate surface area is 192 Å². The van der Waals surface area contributed by atoms with Gasteiger partial charge < -0.3 is 10.1 Å². The number of hydrogen-bond donors (Lipinski definition) is 1. The largest absolute Gasteiger partial charge is 0.492 e. The van der Waals surface area contributed by atoms with Crippen LogP contribution in [-0.4, -0.2) is 23.3 Å². The predicted octanol–water partition coefficient (Wildman–Crippen LogP) is 4.67. The Kier molecular flexibility index (Phi) is 6.05. The van der Waals surface area contributed by atoms with Gasteiger partial charge in [-0.3, -0.25) is 19.7 Å². The van der Waals surface area contributed by atoms with E-state index < -0.39 is 34.1 Å². The minimum absolute atomic E-state index is 0.130. The van der Waals surface area contributed by atoms with Crippen molar-refractivity contribution in [3.05, 3.63) is 99.7 Å². The fraction of sp³-hybridized carbons (Fsp3) is 0.0833. The molecule has 0 spiro atoms. The van der Waals surface area contributed by atoms with Gasteiger partial charge in [-0.05, 0) is 48.9 Å². The van der Waals surface area contributed by atoms with Crippen LogP contribution in [0, 0.1) is 21.7 Å². The molecule has 1 aliphatic rings. The summed E-state index contributed by atoms with van der Waals surface area (Å²) in [4.78, 5) is 37.7. The maximum atomic E-state index is 14.5. The van der Waals surface area contributed by atoms with Crippen molar-refractivity contribution in [1.29, 1.82) is 0 Å². The molecule has 0 saturated carbocycles. The highest BCUT2D eigenvalue weighted by molar-refractivity contribution is 6.46. The second-order valence-corrected chi connectivity index (χ2v) is 7.15. The molecule has 4 rings (SSSR count). The number of anilines is 2. The molecule has 1 N–H and O–H groups in total. The van der Waals surface area contributed by atoms with Gasteiger partial charge in [0.2, 0.25) is 0 Å². The fourth-order valence-corrected chi connectivity index (χ4v) is 3.53. The second-order valence-electron chi connectivity index (χ2n) is 7.15. The summed E-state index contributed by atoms with van der Waals surface area (Å²) < 4.78 is 33.5. The monoisotopic (exact) mass is 465 g/mol. The van der Waals surface area contributed by atoms with Crippen molar-refractivity contribution in [3.63, 3.8) is 0 Å². The number of rotatable bonds is 7. The lowest BCUT2D eigenvalue weighted by Crippen LogP contribution is -2.33. The molecule has 0 bridgehead atoms. The van der Waals surface area contributed by atoms with Gasteiger partial charge in [-0.2, -0.15) is 0 Å². The Morgan fingerprint density at radius 3 is 2.35 bits per heavy atom. The number of ether oxygens (including phenoxy) is 1. The first-order valence-electron chi connectivity index (χ1n) is 10.1. The average molecular weight is 465 g/mol. The lowest BCUT2D eigenvalue weighted by atomic mass is 10.0. The number of non-ortho nitro benzene ring substituents is 1. The van der Waals surface area contributed by atoms with E-state index in [1.807, 2.05) is 0 Å². The lowest BCUT2D eigenvalue weighted by molar-refractivity contribution is -0.384. The summed E-state index contributed by atoms with van der Waals surface area (Å²) >= 11 is 0. The van der Waals surface area contributed by atoms with Crippen LogP contribution < -0.4 is 15.0 Å². The molecule has 0 fully saturated rings. The van der Waals surface area contributed by atoms with E-state index in [0.29, 0.717) is 29.0 Å². The molecule has 0 radical (unpaired) electrons.